The number of nitrogens with one attached hydrogen (secondary N) is 3. The summed E-state index contributed by atoms with van der Waals surface area (Å²) in [6.45, 7) is 4.79. The molecule has 0 radical (unpaired) electrons. The first kappa shape index (κ1) is 18.8. The van der Waals surface area contributed by atoms with Gasteiger partial charge in [0.2, 0.25) is 11.8 Å². The molecule has 3 N–H and O–H groups in total. The van der Waals surface area contributed by atoms with Gasteiger partial charge in [-0.2, -0.15) is 5.10 Å². The molecule has 2 aromatic heterocycles. The minimum absolute atomic E-state index is 0.0242. The van der Waals surface area contributed by atoms with Gasteiger partial charge in [-0.25, -0.2) is 9.67 Å². The van der Waals surface area contributed by atoms with Crippen LogP contribution in [-0.2, 0) is 20.8 Å². The Hall–Kier alpha value is -2.52. The third-order valence-corrected chi connectivity index (χ3v) is 5.21. The minimum atomic E-state index is -0.369. The lowest BCUT2D eigenvalue weighted by Gasteiger charge is -2.25. The highest BCUT2D eigenvalue weighted by Gasteiger charge is 2.26. The van der Waals surface area contributed by atoms with Crippen molar-refractivity contribution >= 4 is 28.5 Å². The number of pyridine rings is 1. The number of rotatable bonds is 5. The van der Waals surface area contributed by atoms with Gasteiger partial charge in [0.25, 0.3) is 0 Å². The summed E-state index contributed by atoms with van der Waals surface area (Å²) in [6.07, 6.45) is 6.48. The van der Waals surface area contributed by atoms with Crippen molar-refractivity contribution in [1.29, 1.82) is 10.8 Å². The molecule has 2 aromatic rings. The number of hydrogen-bond donors (Lipinski definition) is 3. The molecule has 9 heteroatoms. The fraction of sp³-hybridized carbons (Fsp3) is 0.579. The lowest BCUT2D eigenvalue weighted by Crippen LogP contribution is -2.29. The molecule has 1 atom stereocenters. The summed E-state index contributed by atoms with van der Waals surface area (Å²) in [5, 5.41) is 25.4. The molecule has 150 valence electrons. The Balaban J connectivity index is 1.64. The lowest BCUT2D eigenvalue weighted by molar-refractivity contribution is 0.0905. The minimum Gasteiger partial charge on any atom is -0.422 e. The summed E-state index contributed by atoms with van der Waals surface area (Å²) in [6, 6.07) is 0.244. The molecule has 0 aliphatic carbocycles. The van der Waals surface area contributed by atoms with Crippen LogP contribution in [0.5, 0.6) is 0 Å². The topological polar surface area (TPSA) is 118 Å². The van der Waals surface area contributed by atoms with Crippen molar-refractivity contribution < 1.29 is 14.2 Å². The van der Waals surface area contributed by atoms with Gasteiger partial charge < -0.3 is 19.5 Å². The summed E-state index contributed by atoms with van der Waals surface area (Å²) in [5.41, 5.74) is 2.07. The van der Waals surface area contributed by atoms with Crippen molar-refractivity contribution in [2.75, 3.05) is 25.1 Å². The van der Waals surface area contributed by atoms with Crippen LogP contribution in [0.4, 0.5) is 5.69 Å². The smallest absolute Gasteiger partial charge is 0.224 e. The van der Waals surface area contributed by atoms with Gasteiger partial charge in [0.15, 0.2) is 5.65 Å². The molecule has 2 saturated heterocycles. The first-order valence-corrected chi connectivity index (χ1v) is 9.83. The van der Waals surface area contributed by atoms with E-state index in [1.54, 1.807) is 12.4 Å². The highest BCUT2D eigenvalue weighted by molar-refractivity contribution is 6.08. The van der Waals surface area contributed by atoms with E-state index in [-0.39, 0.29) is 23.9 Å². The number of ether oxygens (including phenoxy) is 3. The molecule has 4 heterocycles. The first-order chi connectivity index (χ1) is 13.7. The maximum absolute atomic E-state index is 8.46. The van der Waals surface area contributed by atoms with E-state index in [9.17, 15) is 0 Å². The zero-order chi connectivity index (χ0) is 19.5. The lowest BCUT2D eigenvalue weighted by atomic mass is 10.1. The van der Waals surface area contributed by atoms with Gasteiger partial charge in [-0.1, -0.05) is 0 Å². The molecular formula is C19H26N6O3. The third kappa shape index (κ3) is 3.72. The SMILES string of the molecule is CCn1ncc2c(NC3CCOCC3)c(C(=N)OC(=N)C3CCCO3)cnc21. The number of aromatic nitrogens is 3. The fourth-order valence-corrected chi connectivity index (χ4v) is 3.65. The van der Waals surface area contributed by atoms with Crippen molar-refractivity contribution in [3.05, 3.63) is 18.0 Å². The van der Waals surface area contributed by atoms with E-state index < -0.39 is 0 Å². The van der Waals surface area contributed by atoms with E-state index in [0.717, 1.165) is 42.4 Å². The largest absolute Gasteiger partial charge is 0.422 e. The Morgan fingerprint density at radius 3 is 2.79 bits per heavy atom. The Morgan fingerprint density at radius 1 is 1.25 bits per heavy atom. The van der Waals surface area contributed by atoms with Crippen LogP contribution in [0, 0.1) is 10.8 Å². The normalized spacial score (nSPS) is 20.4. The van der Waals surface area contributed by atoms with Crippen LogP contribution < -0.4 is 5.32 Å². The monoisotopic (exact) mass is 386 g/mol. The molecule has 4 rings (SSSR count). The van der Waals surface area contributed by atoms with Crippen LogP contribution >= 0.6 is 0 Å². The fourth-order valence-electron chi connectivity index (χ4n) is 3.65. The van der Waals surface area contributed by atoms with E-state index in [0.29, 0.717) is 31.9 Å². The van der Waals surface area contributed by atoms with Crippen molar-refractivity contribution in [1.82, 2.24) is 14.8 Å². The average Bonchev–Trinajstić information content (AvgIpc) is 3.39. The summed E-state index contributed by atoms with van der Waals surface area (Å²) >= 11 is 0. The maximum atomic E-state index is 8.46. The molecule has 0 bridgehead atoms. The number of fused-ring (bicyclic) bond motifs is 1. The van der Waals surface area contributed by atoms with E-state index in [1.165, 1.54) is 0 Å². The van der Waals surface area contributed by atoms with E-state index in [2.05, 4.69) is 15.4 Å². The van der Waals surface area contributed by atoms with Crippen LogP contribution in [0.3, 0.4) is 0 Å². The molecule has 1 unspecified atom stereocenters. The Labute approximate surface area is 163 Å². The molecular weight excluding hydrogens is 360 g/mol. The maximum Gasteiger partial charge on any atom is 0.224 e. The van der Waals surface area contributed by atoms with Crippen LogP contribution in [0.1, 0.15) is 38.2 Å². The van der Waals surface area contributed by atoms with Crippen molar-refractivity contribution in [2.24, 2.45) is 0 Å². The Kier molecular flexibility index (Phi) is 5.54. The van der Waals surface area contributed by atoms with Crippen LogP contribution in [0.25, 0.3) is 11.0 Å². The number of anilines is 1. The van der Waals surface area contributed by atoms with Crippen molar-refractivity contribution in [3.63, 3.8) is 0 Å². The molecule has 0 saturated carbocycles. The predicted octanol–water partition coefficient (Wildman–Crippen LogP) is 2.54. The van der Waals surface area contributed by atoms with Crippen LogP contribution in [0.2, 0.25) is 0 Å². The highest BCUT2D eigenvalue weighted by atomic mass is 16.5. The average molecular weight is 386 g/mol. The third-order valence-electron chi connectivity index (χ3n) is 5.21. The molecule has 0 amide bonds. The van der Waals surface area contributed by atoms with Crippen molar-refractivity contribution in [3.8, 4) is 0 Å². The van der Waals surface area contributed by atoms with Gasteiger partial charge in [-0.15, -0.1) is 0 Å². The van der Waals surface area contributed by atoms with Gasteiger partial charge in [0.1, 0.15) is 6.10 Å². The van der Waals surface area contributed by atoms with E-state index in [1.807, 2.05) is 11.6 Å². The molecule has 0 spiro atoms. The Bertz CT molecular complexity index is 868. The van der Waals surface area contributed by atoms with Gasteiger partial charge in [-0.05, 0) is 32.6 Å². The summed E-state index contributed by atoms with van der Waals surface area (Å²) in [4.78, 5) is 4.50. The highest BCUT2D eigenvalue weighted by Crippen LogP contribution is 2.29. The summed E-state index contributed by atoms with van der Waals surface area (Å²) in [7, 11) is 0. The van der Waals surface area contributed by atoms with Crippen molar-refractivity contribution in [2.45, 2.75) is 51.3 Å². The summed E-state index contributed by atoms with van der Waals surface area (Å²) in [5.74, 6) is -0.127. The van der Waals surface area contributed by atoms with Crippen LogP contribution in [0.15, 0.2) is 12.4 Å². The molecule has 28 heavy (non-hydrogen) atoms. The van der Waals surface area contributed by atoms with Gasteiger partial charge >= 0.3 is 0 Å². The standard InChI is InChI=1S/C19H26N6O3/c1-2-25-19-14(11-23-25)16(24-12-5-8-26-9-6-12)13(10-22-19)17(20)28-18(21)15-4-3-7-27-15/h10-12,15,20-21H,2-9H2,1H3,(H,22,24). The van der Waals surface area contributed by atoms with E-state index in [4.69, 9.17) is 25.0 Å². The van der Waals surface area contributed by atoms with E-state index >= 15 is 0 Å². The molecule has 2 aliphatic heterocycles. The second kappa shape index (κ2) is 8.24. The zero-order valence-electron chi connectivity index (χ0n) is 16.0. The molecule has 2 fully saturated rings. The van der Waals surface area contributed by atoms with Crippen LogP contribution in [-0.4, -0.2) is 58.5 Å². The number of aryl methyl sites for hydroxylation is 1. The predicted molar refractivity (Wildman–Crippen MR) is 105 cm³/mol. The zero-order valence-corrected chi connectivity index (χ0v) is 16.0. The van der Waals surface area contributed by atoms with Gasteiger partial charge in [0.05, 0.1) is 22.8 Å². The van der Waals surface area contributed by atoms with Gasteiger partial charge in [0, 0.05) is 38.6 Å². The Morgan fingerprint density at radius 2 is 2.07 bits per heavy atom. The van der Waals surface area contributed by atoms with Gasteiger partial charge in [-0.3, -0.25) is 10.8 Å². The quantitative estimate of drug-likeness (QED) is 0.537. The number of hydrogen-bond acceptors (Lipinski definition) is 8. The summed E-state index contributed by atoms with van der Waals surface area (Å²) < 4.78 is 18.3. The second-order valence-electron chi connectivity index (χ2n) is 7.07. The second-order valence-corrected chi connectivity index (χ2v) is 7.07. The molecule has 2 aliphatic rings. The molecule has 0 aromatic carbocycles. The number of nitrogens with zero attached hydrogens (tertiary/aromatic N) is 3. The molecule has 9 nitrogen and oxygen atoms in total. The first-order valence-electron chi connectivity index (χ1n) is 9.83.